The van der Waals surface area contributed by atoms with Gasteiger partial charge in [-0.3, -0.25) is 19.8 Å². The second-order valence-corrected chi connectivity index (χ2v) is 4.93. The summed E-state index contributed by atoms with van der Waals surface area (Å²) in [5, 5.41) is 3.82. The molecule has 96 valence electrons. The van der Waals surface area contributed by atoms with E-state index in [4.69, 9.17) is 11.6 Å². The SMILES string of the molecule is C[C@@H](NC1CC(=O)N(C)C1=O)c1cccc(Cl)c1. The lowest BCUT2D eigenvalue weighted by atomic mass is 10.1. The molecule has 0 aliphatic carbocycles. The largest absolute Gasteiger partial charge is 0.299 e. The highest BCUT2D eigenvalue weighted by Crippen LogP contribution is 2.20. The first kappa shape index (κ1) is 13.1. The molecule has 2 atom stereocenters. The van der Waals surface area contributed by atoms with E-state index in [0.717, 1.165) is 5.56 Å². The first-order chi connectivity index (χ1) is 8.49. The molecule has 0 radical (unpaired) electrons. The van der Waals surface area contributed by atoms with Gasteiger partial charge in [0.15, 0.2) is 0 Å². The average molecular weight is 267 g/mol. The minimum absolute atomic E-state index is 0.0306. The van der Waals surface area contributed by atoms with Crippen molar-refractivity contribution in [2.45, 2.75) is 25.4 Å². The van der Waals surface area contributed by atoms with E-state index in [1.165, 1.54) is 11.9 Å². The fraction of sp³-hybridized carbons (Fsp3) is 0.385. The van der Waals surface area contributed by atoms with Crippen molar-refractivity contribution < 1.29 is 9.59 Å². The van der Waals surface area contributed by atoms with Crippen LogP contribution in [0.4, 0.5) is 0 Å². The van der Waals surface area contributed by atoms with Crippen molar-refractivity contribution >= 4 is 23.4 Å². The Morgan fingerprint density at radius 3 is 2.72 bits per heavy atom. The van der Waals surface area contributed by atoms with Gasteiger partial charge >= 0.3 is 0 Å². The summed E-state index contributed by atoms with van der Waals surface area (Å²) in [5.41, 5.74) is 0.998. The Morgan fingerprint density at radius 2 is 2.17 bits per heavy atom. The fourth-order valence-corrected chi connectivity index (χ4v) is 2.26. The van der Waals surface area contributed by atoms with Crippen molar-refractivity contribution in [3.63, 3.8) is 0 Å². The Kier molecular flexibility index (Phi) is 3.68. The van der Waals surface area contributed by atoms with E-state index in [9.17, 15) is 9.59 Å². The summed E-state index contributed by atoms with van der Waals surface area (Å²) < 4.78 is 0. The molecule has 1 aromatic rings. The van der Waals surface area contributed by atoms with Crippen molar-refractivity contribution in [1.29, 1.82) is 0 Å². The number of benzene rings is 1. The molecule has 1 aliphatic heterocycles. The zero-order valence-electron chi connectivity index (χ0n) is 10.3. The fourth-order valence-electron chi connectivity index (χ4n) is 2.06. The normalized spacial score (nSPS) is 21.5. The molecule has 5 heteroatoms. The molecule has 1 heterocycles. The van der Waals surface area contributed by atoms with Gasteiger partial charge < -0.3 is 0 Å². The lowest BCUT2D eigenvalue weighted by Gasteiger charge is -2.18. The molecular formula is C13H15ClN2O2. The first-order valence-corrected chi connectivity index (χ1v) is 6.18. The highest BCUT2D eigenvalue weighted by atomic mass is 35.5. The van der Waals surface area contributed by atoms with E-state index in [0.29, 0.717) is 5.02 Å². The zero-order chi connectivity index (χ0) is 13.3. The number of likely N-dealkylation sites (tertiary alicyclic amines) is 1. The number of nitrogens with zero attached hydrogens (tertiary/aromatic N) is 1. The van der Waals surface area contributed by atoms with Crippen LogP contribution in [-0.2, 0) is 9.59 Å². The predicted octanol–water partition coefficient (Wildman–Crippen LogP) is 1.75. The van der Waals surface area contributed by atoms with E-state index >= 15 is 0 Å². The number of nitrogens with one attached hydrogen (secondary N) is 1. The van der Waals surface area contributed by atoms with Crippen LogP contribution in [0.25, 0.3) is 0 Å². The van der Waals surface area contributed by atoms with Gasteiger partial charge in [0.1, 0.15) is 0 Å². The minimum Gasteiger partial charge on any atom is -0.299 e. The Labute approximate surface area is 111 Å². The number of imide groups is 1. The van der Waals surface area contributed by atoms with Gasteiger partial charge in [-0.2, -0.15) is 0 Å². The second-order valence-electron chi connectivity index (χ2n) is 4.49. The van der Waals surface area contributed by atoms with Gasteiger partial charge in [-0.1, -0.05) is 23.7 Å². The number of carbonyl (C=O) groups excluding carboxylic acids is 2. The van der Waals surface area contributed by atoms with Crippen molar-refractivity contribution in [3.05, 3.63) is 34.9 Å². The molecule has 0 spiro atoms. The molecular weight excluding hydrogens is 252 g/mol. The van der Waals surface area contributed by atoms with Crippen molar-refractivity contribution in [2.24, 2.45) is 0 Å². The maximum atomic E-state index is 11.8. The smallest absolute Gasteiger partial charge is 0.246 e. The number of hydrogen-bond donors (Lipinski definition) is 1. The Hall–Kier alpha value is -1.39. The van der Waals surface area contributed by atoms with Crippen LogP contribution in [-0.4, -0.2) is 29.8 Å². The van der Waals surface area contributed by atoms with Crippen molar-refractivity contribution in [3.8, 4) is 0 Å². The van der Waals surface area contributed by atoms with E-state index in [-0.39, 0.29) is 24.3 Å². The van der Waals surface area contributed by atoms with Gasteiger partial charge in [-0.05, 0) is 24.6 Å². The number of carbonyl (C=O) groups is 2. The Balaban J connectivity index is 2.06. The van der Waals surface area contributed by atoms with Crippen LogP contribution >= 0.6 is 11.6 Å². The van der Waals surface area contributed by atoms with Crippen LogP contribution in [0, 0.1) is 0 Å². The maximum Gasteiger partial charge on any atom is 0.246 e. The lowest BCUT2D eigenvalue weighted by molar-refractivity contribution is -0.137. The predicted molar refractivity (Wildman–Crippen MR) is 69.2 cm³/mol. The van der Waals surface area contributed by atoms with Gasteiger partial charge in [0.05, 0.1) is 12.5 Å². The van der Waals surface area contributed by atoms with E-state index < -0.39 is 6.04 Å². The molecule has 1 fully saturated rings. The summed E-state index contributed by atoms with van der Waals surface area (Å²) in [6.07, 6.45) is 0.222. The van der Waals surface area contributed by atoms with Gasteiger partial charge in [0, 0.05) is 18.1 Å². The third kappa shape index (κ3) is 2.54. The number of halogens is 1. The monoisotopic (exact) mass is 266 g/mol. The molecule has 18 heavy (non-hydrogen) atoms. The summed E-state index contributed by atoms with van der Waals surface area (Å²) in [4.78, 5) is 24.3. The van der Waals surface area contributed by atoms with Crippen LogP contribution in [0.3, 0.4) is 0 Å². The number of likely N-dealkylation sites (N-methyl/N-ethyl adjacent to an activating group) is 1. The minimum atomic E-state index is -0.434. The molecule has 0 bridgehead atoms. The maximum absolute atomic E-state index is 11.8. The van der Waals surface area contributed by atoms with Crippen LogP contribution in [0.1, 0.15) is 24.9 Å². The third-order valence-corrected chi connectivity index (χ3v) is 3.42. The van der Waals surface area contributed by atoms with Gasteiger partial charge in [-0.25, -0.2) is 0 Å². The van der Waals surface area contributed by atoms with Gasteiger partial charge in [0.25, 0.3) is 0 Å². The quantitative estimate of drug-likeness (QED) is 0.848. The van der Waals surface area contributed by atoms with E-state index in [1.807, 2.05) is 25.1 Å². The topological polar surface area (TPSA) is 49.4 Å². The molecule has 2 rings (SSSR count). The Morgan fingerprint density at radius 1 is 1.44 bits per heavy atom. The number of amides is 2. The van der Waals surface area contributed by atoms with Crippen LogP contribution in [0.5, 0.6) is 0 Å². The van der Waals surface area contributed by atoms with Crippen molar-refractivity contribution in [2.75, 3.05) is 7.05 Å². The lowest BCUT2D eigenvalue weighted by Crippen LogP contribution is -2.38. The molecule has 1 aliphatic rings. The van der Waals surface area contributed by atoms with E-state index in [2.05, 4.69) is 5.32 Å². The molecule has 0 aromatic heterocycles. The molecule has 4 nitrogen and oxygen atoms in total. The summed E-state index contributed by atoms with van der Waals surface area (Å²) >= 11 is 5.92. The molecule has 1 unspecified atom stereocenters. The highest BCUT2D eigenvalue weighted by Gasteiger charge is 2.36. The summed E-state index contributed by atoms with van der Waals surface area (Å²) in [6.45, 7) is 1.95. The highest BCUT2D eigenvalue weighted by molar-refractivity contribution is 6.30. The first-order valence-electron chi connectivity index (χ1n) is 5.81. The molecule has 1 N–H and O–H groups in total. The summed E-state index contributed by atoms with van der Waals surface area (Å²) in [5.74, 6) is -0.315. The van der Waals surface area contributed by atoms with Crippen LogP contribution in [0.15, 0.2) is 24.3 Å². The zero-order valence-corrected chi connectivity index (χ0v) is 11.1. The van der Waals surface area contributed by atoms with Gasteiger partial charge in [-0.15, -0.1) is 0 Å². The third-order valence-electron chi connectivity index (χ3n) is 3.18. The van der Waals surface area contributed by atoms with Crippen LogP contribution < -0.4 is 5.32 Å². The number of rotatable bonds is 3. The number of hydrogen-bond acceptors (Lipinski definition) is 3. The second kappa shape index (κ2) is 5.08. The van der Waals surface area contributed by atoms with Gasteiger partial charge in [0.2, 0.25) is 11.8 Å². The standard InChI is InChI=1S/C13H15ClN2O2/c1-8(9-4-3-5-10(14)6-9)15-11-7-12(17)16(2)13(11)18/h3-6,8,11,15H,7H2,1-2H3/t8-,11?/m1/s1. The summed E-state index contributed by atoms with van der Waals surface area (Å²) in [7, 11) is 1.51. The average Bonchev–Trinajstić information content (AvgIpc) is 2.57. The van der Waals surface area contributed by atoms with Crippen LogP contribution in [0.2, 0.25) is 5.02 Å². The van der Waals surface area contributed by atoms with Crippen molar-refractivity contribution in [1.82, 2.24) is 10.2 Å². The molecule has 2 amide bonds. The molecule has 1 saturated heterocycles. The Bertz CT molecular complexity index is 490. The molecule has 1 aromatic carbocycles. The summed E-state index contributed by atoms with van der Waals surface area (Å²) in [6, 6.07) is 6.99. The van der Waals surface area contributed by atoms with E-state index in [1.54, 1.807) is 6.07 Å². The molecule has 0 saturated carbocycles.